The Morgan fingerprint density at radius 1 is 1.38 bits per heavy atom. The van der Waals surface area contributed by atoms with Crippen LogP contribution < -0.4 is 5.32 Å². The number of aliphatic hydroxyl groups excluding tert-OH is 1. The first kappa shape index (κ1) is 13.9. The quantitative estimate of drug-likeness (QED) is 0.720. The lowest BCUT2D eigenvalue weighted by molar-refractivity contribution is 0.0866. The Labute approximate surface area is 100 Å². The standard InChI is InChI=1S/C13H28N2O/c1-11(2)7-14-8-13(16)10-15-6-4-5-12(3)9-15/h11-14,16H,4-10H2,1-3H3. The van der Waals surface area contributed by atoms with E-state index in [9.17, 15) is 5.11 Å². The van der Waals surface area contributed by atoms with Gasteiger partial charge >= 0.3 is 0 Å². The third-order valence-electron chi connectivity index (χ3n) is 3.14. The van der Waals surface area contributed by atoms with Gasteiger partial charge in [-0.05, 0) is 37.8 Å². The van der Waals surface area contributed by atoms with Crippen LogP contribution in [0.5, 0.6) is 0 Å². The van der Waals surface area contributed by atoms with E-state index in [0.717, 1.165) is 38.6 Å². The zero-order valence-electron chi connectivity index (χ0n) is 11.1. The zero-order valence-corrected chi connectivity index (χ0v) is 11.1. The molecular weight excluding hydrogens is 200 g/mol. The van der Waals surface area contributed by atoms with Crippen molar-refractivity contribution in [3.8, 4) is 0 Å². The first-order valence-electron chi connectivity index (χ1n) is 6.69. The molecule has 0 aromatic heterocycles. The molecule has 1 saturated heterocycles. The summed E-state index contributed by atoms with van der Waals surface area (Å²) in [5.41, 5.74) is 0. The molecule has 1 aliphatic heterocycles. The summed E-state index contributed by atoms with van der Waals surface area (Å²) in [7, 11) is 0. The van der Waals surface area contributed by atoms with E-state index in [1.54, 1.807) is 0 Å². The van der Waals surface area contributed by atoms with Gasteiger partial charge in [0.2, 0.25) is 0 Å². The topological polar surface area (TPSA) is 35.5 Å². The van der Waals surface area contributed by atoms with E-state index in [0.29, 0.717) is 5.92 Å². The lowest BCUT2D eigenvalue weighted by atomic mass is 10.00. The summed E-state index contributed by atoms with van der Waals surface area (Å²) in [6.45, 7) is 11.5. The fourth-order valence-corrected chi connectivity index (χ4v) is 2.35. The lowest BCUT2D eigenvalue weighted by Crippen LogP contribution is -2.43. The van der Waals surface area contributed by atoms with Gasteiger partial charge in [0.15, 0.2) is 0 Å². The average molecular weight is 228 g/mol. The highest BCUT2D eigenvalue weighted by molar-refractivity contribution is 4.73. The highest BCUT2D eigenvalue weighted by Gasteiger charge is 2.18. The molecule has 16 heavy (non-hydrogen) atoms. The van der Waals surface area contributed by atoms with Crippen LogP contribution in [0.25, 0.3) is 0 Å². The van der Waals surface area contributed by atoms with Gasteiger partial charge in [-0.1, -0.05) is 20.8 Å². The Hall–Kier alpha value is -0.120. The molecule has 2 atom stereocenters. The van der Waals surface area contributed by atoms with Crippen LogP contribution >= 0.6 is 0 Å². The monoisotopic (exact) mass is 228 g/mol. The number of likely N-dealkylation sites (tertiary alicyclic amines) is 1. The predicted molar refractivity (Wildman–Crippen MR) is 68.6 cm³/mol. The second-order valence-electron chi connectivity index (χ2n) is 5.71. The highest BCUT2D eigenvalue weighted by Crippen LogP contribution is 2.15. The van der Waals surface area contributed by atoms with Gasteiger partial charge in [-0.25, -0.2) is 0 Å². The van der Waals surface area contributed by atoms with Crippen molar-refractivity contribution in [2.24, 2.45) is 11.8 Å². The van der Waals surface area contributed by atoms with Crippen molar-refractivity contribution in [3.05, 3.63) is 0 Å². The Balaban J connectivity index is 2.10. The molecule has 1 fully saturated rings. The molecule has 1 rings (SSSR count). The molecule has 0 aromatic carbocycles. The smallest absolute Gasteiger partial charge is 0.0791 e. The maximum atomic E-state index is 9.90. The van der Waals surface area contributed by atoms with Crippen molar-refractivity contribution >= 4 is 0 Å². The number of piperidine rings is 1. The zero-order chi connectivity index (χ0) is 12.0. The molecule has 96 valence electrons. The number of nitrogens with zero attached hydrogens (tertiary/aromatic N) is 1. The molecule has 0 spiro atoms. The third kappa shape index (κ3) is 5.83. The number of nitrogens with one attached hydrogen (secondary N) is 1. The van der Waals surface area contributed by atoms with E-state index < -0.39 is 0 Å². The van der Waals surface area contributed by atoms with Crippen molar-refractivity contribution in [2.45, 2.75) is 39.7 Å². The Bertz CT molecular complexity index is 185. The van der Waals surface area contributed by atoms with Gasteiger partial charge in [-0.2, -0.15) is 0 Å². The summed E-state index contributed by atoms with van der Waals surface area (Å²) in [4.78, 5) is 2.40. The molecule has 0 amide bonds. The van der Waals surface area contributed by atoms with E-state index in [1.807, 2.05) is 0 Å². The lowest BCUT2D eigenvalue weighted by Gasteiger charge is -2.32. The molecule has 0 aromatic rings. The molecule has 3 heteroatoms. The van der Waals surface area contributed by atoms with E-state index in [-0.39, 0.29) is 6.10 Å². The number of hydrogen-bond donors (Lipinski definition) is 2. The molecule has 2 N–H and O–H groups in total. The first-order chi connectivity index (χ1) is 7.58. The Morgan fingerprint density at radius 2 is 2.12 bits per heavy atom. The molecule has 1 heterocycles. The minimum Gasteiger partial charge on any atom is -0.390 e. The van der Waals surface area contributed by atoms with Gasteiger partial charge in [0, 0.05) is 19.6 Å². The number of β-amino-alcohol motifs (C(OH)–C–C–N with tert-alkyl or cyclic N) is 1. The van der Waals surface area contributed by atoms with Gasteiger partial charge < -0.3 is 15.3 Å². The molecule has 0 saturated carbocycles. The molecule has 3 nitrogen and oxygen atoms in total. The van der Waals surface area contributed by atoms with Crippen molar-refractivity contribution in [1.29, 1.82) is 0 Å². The van der Waals surface area contributed by atoms with Crippen LogP contribution in [0.4, 0.5) is 0 Å². The van der Waals surface area contributed by atoms with Gasteiger partial charge in [0.25, 0.3) is 0 Å². The fraction of sp³-hybridized carbons (Fsp3) is 1.00. The van der Waals surface area contributed by atoms with E-state index in [4.69, 9.17) is 0 Å². The highest BCUT2D eigenvalue weighted by atomic mass is 16.3. The molecular formula is C13H28N2O. The third-order valence-corrected chi connectivity index (χ3v) is 3.14. The summed E-state index contributed by atoms with van der Waals surface area (Å²) in [6, 6.07) is 0. The van der Waals surface area contributed by atoms with Gasteiger partial charge in [-0.3, -0.25) is 0 Å². The first-order valence-corrected chi connectivity index (χ1v) is 6.69. The van der Waals surface area contributed by atoms with Crippen LogP contribution in [0, 0.1) is 11.8 Å². The van der Waals surface area contributed by atoms with E-state index in [1.165, 1.54) is 12.8 Å². The summed E-state index contributed by atoms with van der Waals surface area (Å²) < 4.78 is 0. The molecule has 0 bridgehead atoms. The van der Waals surface area contributed by atoms with Crippen molar-refractivity contribution in [2.75, 3.05) is 32.7 Å². The normalized spacial score (nSPS) is 24.9. The average Bonchev–Trinajstić information content (AvgIpc) is 2.16. The summed E-state index contributed by atoms with van der Waals surface area (Å²) in [5, 5.41) is 13.2. The van der Waals surface area contributed by atoms with Gasteiger partial charge in [0.1, 0.15) is 0 Å². The second-order valence-corrected chi connectivity index (χ2v) is 5.71. The molecule has 1 aliphatic rings. The molecule has 0 radical (unpaired) electrons. The summed E-state index contributed by atoms with van der Waals surface area (Å²) >= 11 is 0. The van der Waals surface area contributed by atoms with Crippen LogP contribution in [0.3, 0.4) is 0 Å². The SMILES string of the molecule is CC(C)CNCC(O)CN1CCCC(C)C1. The Kier molecular flexibility index (Phi) is 6.32. The van der Waals surface area contributed by atoms with Gasteiger partial charge in [0.05, 0.1) is 6.10 Å². The van der Waals surface area contributed by atoms with Crippen LogP contribution in [0.2, 0.25) is 0 Å². The largest absolute Gasteiger partial charge is 0.390 e. The van der Waals surface area contributed by atoms with Crippen molar-refractivity contribution in [1.82, 2.24) is 10.2 Å². The summed E-state index contributed by atoms with van der Waals surface area (Å²) in [5.74, 6) is 1.45. The second kappa shape index (κ2) is 7.25. The summed E-state index contributed by atoms with van der Waals surface area (Å²) in [6.07, 6.45) is 2.41. The van der Waals surface area contributed by atoms with Crippen molar-refractivity contribution in [3.63, 3.8) is 0 Å². The maximum absolute atomic E-state index is 9.90. The predicted octanol–water partition coefficient (Wildman–Crippen LogP) is 1.32. The van der Waals surface area contributed by atoms with Crippen LogP contribution in [0.15, 0.2) is 0 Å². The van der Waals surface area contributed by atoms with Crippen LogP contribution in [0.1, 0.15) is 33.6 Å². The van der Waals surface area contributed by atoms with E-state index in [2.05, 4.69) is 31.0 Å². The number of hydrogen-bond acceptors (Lipinski definition) is 3. The molecule has 0 aliphatic carbocycles. The fourth-order valence-electron chi connectivity index (χ4n) is 2.35. The van der Waals surface area contributed by atoms with Crippen LogP contribution in [-0.2, 0) is 0 Å². The maximum Gasteiger partial charge on any atom is 0.0791 e. The Morgan fingerprint density at radius 3 is 2.75 bits per heavy atom. The van der Waals surface area contributed by atoms with Crippen LogP contribution in [-0.4, -0.2) is 48.8 Å². The minimum atomic E-state index is -0.218. The minimum absolute atomic E-state index is 0.218. The number of rotatable bonds is 6. The van der Waals surface area contributed by atoms with Crippen molar-refractivity contribution < 1.29 is 5.11 Å². The van der Waals surface area contributed by atoms with E-state index >= 15 is 0 Å². The van der Waals surface area contributed by atoms with Gasteiger partial charge in [-0.15, -0.1) is 0 Å². The number of aliphatic hydroxyl groups is 1. The molecule has 2 unspecified atom stereocenters.